The summed E-state index contributed by atoms with van der Waals surface area (Å²) in [4.78, 5) is 0. The first kappa shape index (κ1) is 10.4. The van der Waals surface area contributed by atoms with Gasteiger partial charge in [0.2, 0.25) is 0 Å². The van der Waals surface area contributed by atoms with Crippen molar-refractivity contribution < 1.29 is 14.7 Å². The molecule has 3 unspecified atom stereocenters. The molecule has 0 spiro atoms. The Morgan fingerprint density at radius 2 is 2.33 bits per heavy atom. The van der Waals surface area contributed by atoms with E-state index < -0.39 is 5.60 Å². The predicted octanol–water partition coefficient (Wildman–Crippen LogP) is 0.849. The highest BCUT2D eigenvalue weighted by molar-refractivity contribution is 7.09. The van der Waals surface area contributed by atoms with Crippen LogP contribution < -0.4 is 0 Å². The van der Waals surface area contributed by atoms with Crippen molar-refractivity contribution in [2.24, 2.45) is 0 Å². The van der Waals surface area contributed by atoms with E-state index in [-0.39, 0.29) is 12.7 Å². The summed E-state index contributed by atoms with van der Waals surface area (Å²) in [6.07, 6.45) is 3.97. The van der Waals surface area contributed by atoms with Crippen LogP contribution in [0.4, 0.5) is 0 Å². The molecule has 2 N–H and O–H groups in total. The van der Waals surface area contributed by atoms with Gasteiger partial charge in [-0.15, -0.1) is 0 Å². The molecule has 1 rings (SSSR count). The average Bonchev–Trinajstić information content (AvgIpc) is 2.44. The second-order valence-electron chi connectivity index (χ2n) is 3.45. The van der Waals surface area contributed by atoms with Crippen molar-refractivity contribution in [2.75, 3.05) is 6.61 Å². The van der Waals surface area contributed by atoms with Crippen LogP contribution in [-0.2, 0) is 4.52 Å². The highest BCUT2D eigenvalue weighted by Gasteiger charge is 2.40. The average molecular weight is 192 g/mol. The zero-order valence-corrected chi connectivity index (χ0v) is 8.35. The first-order valence-corrected chi connectivity index (χ1v) is 4.89. The number of hydrogen-bond acceptors (Lipinski definition) is 3. The Hall–Kier alpha value is 0.310. The van der Waals surface area contributed by atoms with E-state index in [0.29, 0.717) is 12.8 Å². The van der Waals surface area contributed by atoms with E-state index in [4.69, 9.17) is 9.63 Å². The van der Waals surface area contributed by atoms with Crippen LogP contribution in [0.3, 0.4) is 0 Å². The maximum Gasteiger partial charge on any atom is 0.0912 e. The molecule has 3 nitrogen and oxygen atoms in total. The molecular formula is C8H17O3P. The minimum Gasteiger partial charge on any atom is -0.396 e. The predicted molar refractivity (Wildman–Crippen MR) is 49.7 cm³/mol. The summed E-state index contributed by atoms with van der Waals surface area (Å²) in [5.41, 5.74) is -0.690. The summed E-state index contributed by atoms with van der Waals surface area (Å²) >= 11 is 0. The molecule has 0 bridgehead atoms. The monoisotopic (exact) mass is 192 g/mol. The van der Waals surface area contributed by atoms with Crippen LogP contribution in [-0.4, -0.2) is 28.5 Å². The van der Waals surface area contributed by atoms with Crippen molar-refractivity contribution in [2.45, 2.75) is 43.8 Å². The van der Waals surface area contributed by atoms with Gasteiger partial charge in [0, 0.05) is 16.1 Å². The number of rotatable bonds is 4. The Morgan fingerprint density at radius 3 is 2.92 bits per heavy atom. The van der Waals surface area contributed by atoms with Crippen LogP contribution in [0.1, 0.15) is 32.1 Å². The lowest BCUT2D eigenvalue weighted by Gasteiger charge is -2.28. The zero-order valence-electron chi connectivity index (χ0n) is 7.20. The maximum atomic E-state index is 10.0. The fourth-order valence-electron chi connectivity index (χ4n) is 1.89. The maximum absolute atomic E-state index is 10.0. The van der Waals surface area contributed by atoms with Gasteiger partial charge in [-0.1, -0.05) is 0 Å². The molecule has 0 aliphatic heterocycles. The van der Waals surface area contributed by atoms with E-state index in [1.807, 2.05) is 0 Å². The molecule has 1 saturated carbocycles. The van der Waals surface area contributed by atoms with E-state index >= 15 is 0 Å². The molecule has 0 amide bonds. The number of aliphatic hydroxyl groups is 2. The van der Waals surface area contributed by atoms with Crippen molar-refractivity contribution in [3.63, 3.8) is 0 Å². The molecule has 1 aliphatic rings. The van der Waals surface area contributed by atoms with Crippen molar-refractivity contribution in [1.82, 2.24) is 0 Å². The second-order valence-corrected chi connectivity index (χ2v) is 3.72. The van der Waals surface area contributed by atoms with E-state index in [1.54, 1.807) is 0 Å². The molecule has 0 radical (unpaired) electrons. The van der Waals surface area contributed by atoms with Crippen molar-refractivity contribution in [3.8, 4) is 0 Å². The van der Waals surface area contributed by atoms with E-state index in [1.165, 1.54) is 0 Å². The fraction of sp³-hybridized carbons (Fsp3) is 1.00. The first-order chi connectivity index (χ1) is 5.73. The van der Waals surface area contributed by atoms with Gasteiger partial charge in [-0.2, -0.15) is 0 Å². The van der Waals surface area contributed by atoms with Gasteiger partial charge < -0.3 is 14.7 Å². The van der Waals surface area contributed by atoms with Gasteiger partial charge >= 0.3 is 0 Å². The Balaban J connectivity index is 2.43. The molecule has 0 aromatic carbocycles. The first-order valence-electron chi connectivity index (χ1n) is 4.42. The van der Waals surface area contributed by atoms with Crippen LogP contribution in [0.2, 0.25) is 0 Å². The van der Waals surface area contributed by atoms with Gasteiger partial charge in [-0.3, -0.25) is 0 Å². The van der Waals surface area contributed by atoms with Gasteiger partial charge in [0.1, 0.15) is 0 Å². The van der Waals surface area contributed by atoms with Crippen molar-refractivity contribution >= 4 is 9.47 Å². The van der Waals surface area contributed by atoms with E-state index in [9.17, 15) is 5.11 Å². The molecule has 3 atom stereocenters. The summed E-state index contributed by atoms with van der Waals surface area (Å²) in [6.45, 7) is 0.145. The van der Waals surface area contributed by atoms with Crippen LogP contribution in [0.15, 0.2) is 0 Å². The Kier molecular flexibility index (Phi) is 3.91. The molecule has 4 heteroatoms. The van der Waals surface area contributed by atoms with Gasteiger partial charge in [0.05, 0.1) is 11.7 Å². The molecule has 1 fully saturated rings. The van der Waals surface area contributed by atoms with Crippen LogP contribution in [0, 0.1) is 0 Å². The van der Waals surface area contributed by atoms with E-state index in [0.717, 1.165) is 19.3 Å². The summed E-state index contributed by atoms with van der Waals surface area (Å²) in [5, 5.41) is 18.7. The molecule has 0 saturated heterocycles. The zero-order chi connectivity index (χ0) is 9.03. The van der Waals surface area contributed by atoms with E-state index in [2.05, 4.69) is 9.47 Å². The van der Waals surface area contributed by atoms with Crippen LogP contribution in [0.5, 0.6) is 0 Å². The topological polar surface area (TPSA) is 49.7 Å². The van der Waals surface area contributed by atoms with Gasteiger partial charge in [-0.25, -0.2) is 0 Å². The third kappa shape index (κ3) is 2.17. The SMILES string of the molecule is OCCCC1(O)CCCC1OP. The lowest BCUT2D eigenvalue weighted by molar-refractivity contribution is -0.0431. The molecular weight excluding hydrogens is 175 g/mol. The lowest BCUT2D eigenvalue weighted by Crippen LogP contribution is -2.37. The quantitative estimate of drug-likeness (QED) is 0.649. The molecule has 0 aromatic heterocycles. The summed E-state index contributed by atoms with van der Waals surface area (Å²) in [7, 11) is 2.21. The molecule has 72 valence electrons. The fourth-order valence-corrected chi connectivity index (χ4v) is 2.28. The Bertz CT molecular complexity index is 142. The molecule has 0 heterocycles. The highest BCUT2D eigenvalue weighted by Crippen LogP contribution is 2.36. The molecule has 0 aromatic rings. The smallest absolute Gasteiger partial charge is 0.0912 e. The highest BCUT2D eigenvalue weighted by atomic mass is 31.0. The minimum atomic E-state index is -0.690. The lowest BCUT2D eigenvalue weighted by atomic mass is 9.94. The molecule has 1 aliphatic carbocycles. The van der Waals surface area contributed by atoms with Crippen molar-refractivity contribution in [1.29, 1.82) is 0 Å². The summed E-state index contributed by atoms with van der Waals surface area (Å²) < 4.78 is 5.11. The Morgan fingerprint density at radius 1 is 1.58 bits per heavy atom. The normalized spacial score (nSPS) is 35.8. The van der Waals surface area contributed by atoms with Gasteiger partial charge in [0.15, 0.2) is 0 Å². The van der Waals surface area contributed by atoms with Crippen LogP contribution >= 0.6 is 9.47 Å². The third-order valence-corrected chi connectivity index (χ3v) is 2.94. The number of aliphatic hydroxyl groups excluding tert-OH is 1. The molecule has 12 heavy (non-hydrogen) atoms. The summed E-state index contributed by atoms with van der Waals surface area (Å²) in [6, 6.07) is 0. The largest absolute Gasteiger partial charge is 0.396 e. The number of hydrogen-bond donors (Lipinski definition) is 2. The third-order valence-electron chi connectivity index (χ3n) is 2.61. The Labute approximate surface area is 75.4 Å². The second kappa shape index (κ2) is 4.52. The van der Waals surface area contributed by atoms with Crippen LogP contribution in [0.25, 0.3) is 0 Å². The summed E-state index contributed by atoms with van der Waals surface area (Å²) in [5.74, 6) is 0. The van der Waals surface area contributed by atoms with Crippen molar-refractivity contribution in [3.05, 3.63) is 0 Å². The van der Waals surface area contributed by atoms with Gasteiger partial charge in [-0.05, 0) is 32.1 Å². The minimum absolute atomic E-state index is 0.0611. The van der Waals surface area contributed by atoms with Gasteiger partial charge in [0.25, 0.3) is 0 Å². The standard InChI is InChI=1S/C8H17O3P/c9-6-2-5-8(10)4-1-3-7(8)11-12/h7,9-10H,1-6,12H2.